The standard InChI is InChI=1S/C49H71N17O10/c1-27(67)60-33(14-8-22-57-48(52)53)42(71)62-34-15-7-21-56-40(69)20-18-32(41(51)70)61-47(76)38(25-29-26-59-31-13-6-5-12-30(29)31)66-44(73)35(16-9-23-58-49(54)55)63-46(75)37(24-28-10-3-2-4-11-28)65-45(74)36(64-43(34)72)17-19-39(50)68/h2-6,10-13,26,32-38,59H,7-9,14-25H2,1H3,(H2,50,68)(H2,51,70)(H,56,69)(H,60,67)(H,61,76)(H,62,71)(H,63,75)(H,64,72)(H,65,74)(H,66,73)(H4,52,53,57)(H4,54,55,58)/t32-,33?,34-,35-,36-,37+,38-/m0/s1. The molecule has 1 aromatic heterocycles. The van der Waals surface area contributed by atoms with Crippen LogP contribution >= 0.6 is 0 Å². The van der Waals surface area contributed by atoms with Gasteiger partial charge in [0.05, 0.1) is 0 Å². The van der Waals surface area contributed by atoms with E-state index in [0.29, 0.717) is 11.1 Å². The van der Waals surface area contributed by atoms with Gasteiger partial charge < -0.3 is 81.9 Å². The zero-order chi connectivity index (χ0) is 55.7. The van der Waals surface area contributed by atoms with Crippen LogP contribution in [0.2, 0.25) is 0 Å². The van der Waals surface area contributed by atoms with Crippen LogP contribution in [-0.2, 0) is 60.8 Å². The first-order valence-corrected chi connectivity index (χ1v) is 24.8. The Labute approximate surface area is 438 Å². The van der Waals surface area contributed by atoms with E-state index in [1.54, 1.807) is 48.7 Å². The van der Waals surface area contributed by atoms with Gasteiger partial charge in [-0.05, 0) is 68.6 Å². The Kier molecular flexibility index (Phi) is 23.9. The zero-order valence-corrected chi connectivity index (χ0v) is 42.4. The summed E-state index contributed by atoms with van der Waals surface area (Å²) in [5.74, 6) is -8.62. The zero-order valence-electron chi connectivity index (χ0n) is 42.4. The molecule has 10 amide bonds. The van der Waals surface area contributed by atoms with Crippen molar-refractivity contribution in [1.82, 2.24) is 47.5 Å². The van der Waals surface area contributed by atoms with Gasteiger partial charge in [0, 0.05) is 69.3 Å². The number of rotatable bonds is 19. The number of H-pyrrole nitrogens is 1. The Morgan fingerprint density at radius 2 is 1.25 bits per heavy atom. The predicted molar refractivity (Wildman–Crippen MR) is 280 cm³/mol. The van der Waals surface area contributed by atoms with E-state index in [9.17, 15) is 47.9 Å². The van der Waals surface area contributed by atoms with Crippen LogP contribution < -0.4 is 76.9 Å². The molecule has 0 bridgehead atoms. The van der Waals surface area contributed by atoms with Gasteiger partial charge in [0.25, 0.3) is 0 Å². The minimum atomic E-state index is -1.56. The molecule has 0 saturated carbocycles. The number of aromatic nitrogens is 1. The van der Waals surface area contributed by atoms with E-state index in [2.05, 4.69) is 57.5 Å². The Morgan fingerprint density at radius 3 is 1.89 bits per heavy atom. The molecule has 76 heavy (non-hydrogen) atoms. The molecule has 2 heterocycles. The van der Waals surface area contributed by atoms with Crippen molar-refractivity contribution in [3.8, 4) is 0 Å². The van der Waals surface area contributed by atoms with Crippen molar-refractivity contribution in [3.05, 3.63) is 71.9 Å². The number of nitrogens with zero attached hydrogens (tertiary/aromatic N) is 2. The topological polar surface area (TPSA) is 464 Å². The van der Waals surface area contributed by atoms with Gasteiger partial charge in [-0.25, -0.2) is 0 Å². The number of para-hydroxylation sites is 1. The Morgan fingerprint density at radius 1 is 0.671 bits per heavy atom. The van der Waals surface area contributed by atoms with E-state index >= 15 is 0 Å². The number of carbonyl (C=O) groups excluding carboxylic acids is 10. The molecule has 1 fully saturated rings. The van der Waals surface area contributed by atoms with Gasteiger partial charge in [0.15, 0.2) is 11.9 Å². The number of fused-ring (bicyclic) bond motifs is 1. The third-order valence-corrected chi connectivity index (χ3v) is 12.1. The van der Waals surface area contributed by atoms with Crippen LogP contribution in [0.1, 0.15) is 82.3 Å². The molecule has 4 rings (SSSR count). The maximum Gasteiger partial charge on any atom is 0.243 e. The lowest BCUT2D eigenvalue weighted by molar-refractivity contribution is -0.136. The molecular weight excluding hydrogens is 987 g/mol. The van der Waals surface area contributed by atoms with E-state index in [4.69, 9.17) is 34.4 Å². The fourth-order valence-electron chi connectivity index (χ4n) is 8.22. The van der Waals surface area contributed by atoms with Crippen LogP contribution in [0.15, 0.2) is 70.8 Å². The molecule has 0 radical (unpaired) electrons. The van der Waals surface area contributed by atoms with Crippen molar-refractivity contribution in [2.24, 2.45) is 44.4 Å². The number of aromatic amines is 1. The highest BCUT2D eigenvalue weighted by molar-refractivity contribution is 5.98. The summed E-state index contributed by atoms with van der Waals surface area (Å²) in [4.78, 5) is 147. The first-order valence-electron chi connectivity index (χ1n) is 24.8. The van der Waals surface area contributed by atoms with Crippen molar-refractivity contribution in [1.29, 1.82) is 0 Å². The average molecular weight is 1060 g/mol. The van der Waals surface area contributed by atoms with Crippen LogP contribution in [0, 0.1) is 0 Å². The Hall–Kier alpha value is -8.78. The maximum absolute atomic E-state index is 14.6. The van der Waals surface area contributed by atoms with Gasteiger partial charge in [-0.2, -0.15) is 0 Å². The number of guanidine groups is 2. The summed E-state index contributed by atoms with van der Waals surface area (Å²) in [6.07, 6.45) is 0.170. The fourth-order valence-corrected chi connectivity index (χ4v) is 8.22. The maximum atomic E-state index is 14.6. The number of hydrogen-bond acceptors (Lipinski definition) is 12. The normalized spacial score (nSPS) is 20.9. The van der Waals surface area contributed by atoms with Gasteiger partial charge in [0.1, 0.15) is 42.3 Å². The minimum absolute atomic E-state index is 0.0231. The number of nitrogens with one attached hydrogen (secondary N) is 9. The number of nitrogens with two attached hydrogens (primary N) is 6. The largest absolute Gasteiger partial charge is 0.370 e. The number of amides is 10. The monoisotopic (exact) mass is 1060 g/mol. The lowest BCUT2D eigenvalue weighted by Gasteiger charge is -2.28. The van der Waals surface area contributed by atoms with E-state index < -0.39 is 108 Å². The molecule has 0 aliphatic carbocycles. The molecule has 1 unspecified atom stereocenters. The first kappa shape index (κ1) is 59.8. The summed E-state index contributed by atoms with van der Waals surface area (Å²) >= 11 is 0. The molecule has 27 heteroatoms. The number of aliphatic imine (C=N–C) groups is 2. The van der Waals surface area contributed by atoms with E-state index in [1.165, 1.54) is 6.92 Å². The van der Waals surface area contributed by atoms with Crippen molar-refractivity contribution in [3.63, 3.8) is 0 Å². The second kappa shape index (κ2) is 30.4. The number of hydrogen-bond donors (Lipinski definition) is 15. The van der Waals surface area contributed by atoms with Crippen molar-refractivity contribution in [2.75, 3.05) is 19.6 Å². The number of carbonyl (C=O) groups is 10. The van der Waals surface area contributed by atoms with Gasteiger partial charge in [-0.3, -0.25) is 57.9 Å². The molecule has 1 aliphatic rings. The highest BCUT2D eigenvalue weighted by Gasteiger charge is 2.35. The second-order valence-corrected chi connectivity index (χ2v) is 18.2. The van der Waals surface area contributed by atoms with Gasteiger partial charge in [0.2, 0.25) is 59.1 Å². The Bertz CT molecular complexity index is 2580. The van der Waals surface area contributed by atoms with Crippen molar-refractivity contribution < 1.29 is 47.9 Å². The molecule has 412 valence electrons. The molecule has 2 aromatic carbocycles. The van der Waals surface area contributed by atoms with Crippen LogP contribution in [0.25, 0.3) is 10.9 Å². The first-order chi connectivity index (χ1) is 36.2. The van der Waals surface area contributed by atoms with Crippen LogP contribution in [-0.4, -0.2) is 138 Å². The molecular formula is C49H71N17O10. The van der Waals surface area contributed by atoms with Gasteiger partial charge >= 0.3 is 0 Å². The SMILES string of the molecule is CC(=O)NC(CCCN=C(N)N)C(=O)N[C@H]1CCCNC(=O)CC[C@@H](C(N)=O)NC(=O)[C@H](Cc2c[nH]c3ccccc23)NC(=O)[C@H](CCCN=C(N)N)NC(=O)[C@@H](Cc2ccccc2)NC(=O)[C@H](CCC(N)=O)NC1=O. The predicted octanol–water partition coefficient (Wildman–Crippen LogP) is -4.09. The van der Waals surface area contributed by atoms with Crippen LogP contribution in [0.3, 0.4) is 0 Å². The molecule has 21 N–H and O–H groups in total. The van der Waals surface area contributed by atoms with Gasteiger partial charge in [-0.1, -0.05) is 48.5 Å². The lowest BCUT2D eigenvalue weighted by Crippen LogP contribution is -2.60. The number of benzene rings is 2. The Balaban J connectivity index is 1.78. The molecule has 1 saturated heterocycles. The lowest BCUT2D eigenvalue weighted by atomic mass is 10.0. The third kappa shape index (κ3) is 20.6. The van der Waals surface area contributed by atoms with E-state index in [-0.39, 0.29) is 102 Å². The van der Waals surface area contributed by atoms with E-state index in [1.807, 2.05) is 12.1 Å². The molecule has 1 aliphatic heterocycles. The second-order valence-electron chi connectivity index (χ2n) is 18.2. The van der Waals surface area contributed by atoms with Gasteiger partial charge in [-0.15, -0.1) is 0 Å². The molecule has 0 spiro atoms. The number of primary amides is 2. The summed E-state index contributed by atoms with van der Waals surface area (Å²) in [6.45, 7) is 1.25. The average Bonchev–Trinajstić information content (AvgIpc) is 3.78. The fraction of sp³-hybridized carbons (Fsp3) is 0.469. The summed E-state index contributed by atoms with van der Waals surface area (Å²) in [7, 11) is 0. The highest BCUT2D eigenvalue weighted by atomic mass is 16.2. The highest BCUT2D eigenvalue weighted by Crippen LogP contribution is 2.20. The summed E-state index contributed by atoms with van der Waals surface area (Å²) in [5, 5.41) is 21.8. The molecule has 7 atom stereocenters. The summed E-state index contributed by atoms with van der Waals surface area (Å²) in [6, 6.07) is 5.87. The molecule has 27 nitrogen and oxygen atoms in total. The molecule has 3 aromatic rings. The third-order valence-electron chi connectivity index (χ3n) is 12.1. The van der Waals surface area contributed by atoms with Crippen LogP contribution in [0.4, 0.5) is 0 Å². The smallest absolute Gasteiger partial charge is 0.243 e. The van der Waals surface area contributed by atoms with E-state index in [0.717, 1.165) is 10.9 Å². The quantitative estimate of drug-likeness (QED) is 0.0309. The van der Waals surface area contributed by atoms with Crippen LogP contribution in [0.5, 0.6) is 0 Å². The minimum Gasteiger partial charge on any atom is -0.370 e. The summed E-state index contributed by atoms with van der Waals surface area (Å²) < 4.78 is 0. The van der Waals surface area contributed by atoms with Crippen molar-refractivity contribution in [2.45, 2.75) is 126 Å². The van der Waals surface area contributed by atoms with Crippen molar-refractivity contribution >= 4 is 81.9 Å². The summed E-state index contributed by atoms with van der Waals surface area (Å²) in [5.41, 5.74) is 35.1.